The zero-order chi connectivity index (χ0) is 14.0. The molecule has 1 aromatic rings. The van der Waals surface area contributed by atoms with Crippen molar-refractivity contribution in [2.45, 2.75) is 12.8 Å². The monoisotopic (exact) mass is 267 g/mol. The Balaban J connectivity index is 2.57. The molecule has 8 heteroatoms. The van der Waals surface area contributed by atoms with E-state index in [9.17, 15) is 20.2 Å². The minimum absolute atomic E-state index is 0.0394. The Morgan fingerprint density at radius 2 is 1.68 bits per heavy atom. The maximum atomic E-state index is 11.1. The van der Waals surface area contributed by atoms with Gasteiger partial charge in [0.25, 0.3) is 5.69 Å². The molecule has 102 valence electrons. The first-order chi connectivity index (χ1) is 9.04. The summed E-state index contributed by atoms with van der Waals surface area (Å²) in [6, 6.07) is 2.34. The second-order valence-corrected chi connectivity index (χ2v) is 4.22. The quantitative estimate of drug-likeness (QED) is 0.612. The van der Waals surface area contributed by atoms with E-state index in [4.69, 9.17) is 4.74 Å². The largest absolute Gasteiger partial charge is 0.490 e. The highest BCUT2D eigenvalue weighted by Gasteiger charge is 2.29. The number of nitro benzene ring substituents is 2. The average Bonchev–Trinajstić information content (AvgIpc) is 2.90. The molecule has 1 aromatic carbocycles. The van der Waals surface area contributed by atoms with Crippen molar-refractivity contribution in [1.29, 1.82) is 0 Å². The van der Waals surface area contributed by atoms with Crippen molar-refractivity contribution in [3.05, 3.63) is 32.4 Å². The molecule has 1 aliphatic heterocycles. The van der Waals surface area contributed by atoms with Gasteiger partial charge in [-0.15, -0.1) is 0 Å². The smallest absolute Gasteiger partial charge is 0.317 e. The summed E-state index contributed by atoms with van der Waals surface area (Å²) in [6.45, 7) is 1.42. The predicted molar refractivity (Wildman–Crippen MR) is 67.7 cm³/mol. The van der Waals surface area contributed by atoms with E-state index >= 15 is 0 Å². The van der Waals surface area contributed by atoms with Gasteiger partial charge < -0.3 is 9.64 Å². The van der Waals surface area contributed by atoms with Crippen LogP contribution < -0.4 is 9.64 Å². The molecule has 1 saturated heterocycles. The number of nitro groups is 2. The van der Waals surface area contributed by atoms with Gasteiger partial charge in [0.05, 0.1) is 23.0 Å². The molecule has 8 nitrogen and oxygen atoms in total. The third-order valence-corrected chi connectivity index (χ3v) is 3.12. The fourth-order valence-electron chi connectivity index (χ4n) is 2.21. The fourth-order valence-corrected chi connectivity index (χ4v) is 2.21. The lowest BCUT2D eigenvalue weighted by atomic mass is 10.2. The molecule has 1 fully saturated rings. The van der Waals surface area contributed by atoms with Gasteiger partial charge in [-0.2, -0.15) is 0 Å². The molecule has 19 heavy (non-hydrogen) atoms. The number of ether oxygens (including phenoxy) is 1. The summed E-state index contributed by atoms with van der Waals surface area (Å²) in [7, 11) is 1.31. The van der Waals surface area contributed by atoms with Gasteiger partial charge in [0.2, 0.25) is 0 Å². The molecule has 0 saturated carbocycles. The van der Waals surface area contributed by atoms with E-state index in [1.807, 2.05) is 4.90 Å². The second kappa shape index (κ2) is 5.09. The highest BCUT2D eigenvalue weighted by Crippen LogP contribution is 2.40. The molecule has 0 aromatic heterocycles. The Morgan fingerprint density at radius 1 is 1.11 bits per heavy atom. The molecule has 0 bridgehead atoms. The van der Waals surface area contributed by atoms with Gasteiger partial charge in [0.1, 0.15) is 5.69 Å². The summed E-state index contributed by atoms with van der Waals surface area (Å²) in [5.74, 6) is 0.0394. The summed E-state index contributed by atoms with van der Waals surface area (Å²) in [5.41, 5.74) is -0.267. The van der Waals surface area contributed by atoms with E-state index in [2.05, 4.69) is 0 Å². The van der Waals surface area contributed by atoms with Crippen molar-refractivity contribution in [3.8, 4) is 5.75 Å². The van der Waals surface area contributed by atoms with E-state index in [0.29, 0.717) is 18.8 Å². The van der Waals surface area contributed by atoms with Crippen LogP contribution in [0.4, 0.5) is 17.1 Å². The highest BCUT2D eigenvalue weighted by molar-refractivity contribution is 5.72. The van der Waals surface area contributed by atoms with Crippen LogP contribution in [0.25, 0.3) is 0 Å². The fraction of sp³-hybridized carbons (Fsp3) is 0.455. The van der Waals surface area contributed by atoms with Gasteiger partial charge in [0.15, 0.2) is 5.75 Å². The predicted octanol–water partition coefficient (Wildman–Crippen LogP) is 2.11. The Kier molecular flexibility index (Phi) is 3.50. The average molecular weight is 267 g/mol. The van der Waals surface area contributed by atoms with Crippen LogP contribution in [-0.2, 0) is 0 Å². The van der Waals surface area contributed by atoms with Crippen molar-refractivity contribution in [2.24, 2.45) is 0 Å². The summed E-state index contributed by atoms with van der Waals surface area (Å²) < 4.78 is 4.95. The van der Waals surface area contributed by atoms with Crippen molar-refractivity contribution in [2.75, 3.05) is 25.1 Å². The summed E-state index contributed by atoms with van der Waals surface area (Å²) in [6.07, 6.45) is 1.91. The number of hydrogen-bond donors (Lipinski definition) is 0. The standard InChI is InChI=1S/C11H13N3O5/c1-19-11-7-8(12-4-2-3-5-12)9(13(15)16)6-10(11)14(17)18/h6-7H,2-5H2,1H3. The summed E-state index contributed by atoms with van der Waals surface area (Å²) in [5, 5.41) is 21.9. The zero-order valence-corrected chi connectivity index (χ0v) is 10.4. The third kappa shape index (κ3) is 2.42. The van der Waals surface area contributed by atoms with E-state index < -0.39 is 15.5 Å². The number of methoxy groups -OCH3 is 1. The number of benzene rings is 1. The van der Waals surface area contributed by atoms with Crippen molar-refractivity contribution in [1.82, 2.24) is 0 Å². The molecule has 1 heterocycles. The number of rotatable bonds is 4. The van der Waals surface area contributed by atoms with Gasteiger partial charge in [-0.1, -0.05) is 0 Å². The Bertz CT molecular complexity index is 525. The molecular formula is C11H13N3O5. The molecule has 0 N–H and O–H groups in total. The number of hydrogen-bond acceptors (Lipinski definition) is 6. The molecule has 0 aliphatic carbocycles. The summed E-state index contributed by atoms with van der Waals surface area (Å²) >= 11 is 0. The molecule has 0 unspecified atom stereocenters. The number of nitrogens with zero attached hydrogens (tertiary/aromatic N) is 3. The van der Waals surface area contributed by atoms with Gasteiger partial charge in [-0.25, -0.2) is 0 Å². The van der Waals surface area contributed by atoms with Crippen LogP contribution in [0.3, 0.4) is 0 Å². The Morgan fingerprint density at radius 3 is 2.16 bits per heavy atom. The van der Waals surface area contributed by atoms with Crippen LogP contribution in [0, 0.1) is 20.2 Å². The minimum Gasteiger partial charge on any atom is -0.490 e. The van der Waals surface area contributed by atoms with Crippen LogP contribution in [0.5, 0.6) is 5.75 Å². The van der Waals surface area contributed by atoms with Crippen molar-refractivity contribution < 1.29 is 14.6 Å². The molecule has 0 spiro atoms. The molecular weight excluding hydrogens is 254 g/mol. The van der Waals surface area contributed by atoms with Crippen LogP contribution in [-0.4, -0.2) is 30.0 Å². The lowest BCUT2D eigenvalue weighted by molar-refractivity contribution is -0.394. The van der Waals surface area contributed by atoms with Crippen molar-refractivity contribution in [3.63, 3.8) is 0 Å². The Labute approximate surface area is 108 Å². The van der Waals surface area contributed by atoms with Gasteiger partial charge >= 0.3 is 5.69 Å². The third-order valence-electron chi connectivity index (χ3n) is 3.12. The van der Waals surface area contributed by atoms with Gasteiger partial charge in [-0.3, -0.25) is 20.2 Å². The first-order valence-corrected chi connectivity index (χ1v) is 5.80. The van der Waals surface area contributed by atoms with E-state index in [1.54, 1.807) is 0 Å². The van der Waals surface area contributed by atoms with Crippen LogP contribution in [0.1, 0.15) is 12.8 Å². The lowest BCUT2D eigenvalue weighted by Crippen LogP contribution is -2.19. The molecule has 0 atom stereocenters. The number of anilines is 1. The molecule has 0 amide bonds. The first kappa shape index (κ1) is 13.1. The molecule has 0 radical (unpaired) electrons. The van der Waals surface area contributed by atoms with E-state index in [1.165, 1.54) is 13.2 Å². The van der Waals surface area contributed by atoms with Crippen molar-refractivity contribution >= 4 is 17.1 Å². The highest BCUT2D eigenvalue weighted by atomic mass is 16.6. The van der Waals surface area contributed by atoms with Gasteiger partial charge in [-0.05, 0) is 12.8 Å². The minimum atomic E-state index is -0.681. The molecule has 1 aliphatic rings. The Hall–Kier alpha value is -2.38. The normalized spacial score (nSPS) is 14.5. The molecule has 2 rings (SSSR count). The lowest BCUT2D eigenvalue weighted by Gasteiger charge is -2.18. The SMILES string of the molecule is COc1cc(N2CCCC2)c([N+](=O)[O-])cc1[N+](=O)[O-]. The van der Waals surface area contributed by atoms with Crippen LogP contribution >= 0.6 is 0 Å². The van der Waals surface area contributed by atoms with Crippen LogP contribution in [0.15, 0.2) is 12.1 Å². The zero-order valence-electron chi connectivity index (χ0n) is 10.4. The maximum Gasteiger partial charge on any atom is 0.317 e. The van der Waals surface area contributed by atoms with E-state index in [0.717, 1.165) is 18.9 Å². The maximum absolute atomic E-state index is 11.1. The van der Waals surface area contributed by atoms with Gasteiger partial charge in [0, 0.05) is 19.2 Å². The summed E-state index contributed by atoms with van der Waals surface area (Å²) in [4.78, 5) is 22.5. The first-order valence-electron chi connectivity index (χ1n) is 5.80. The topological polar surface area (TPSA) is 98.8 Å². The van der Waals surface area contributed by atoms with E-state index in [-0.39, 0.29) is 11.4 Å². The van der Waals surface area contributed by atoms with Crippen LogP contribution in [0.2, 0.25) is 0 Å². The second-order valence-electron chi connectivity index (χ2n) is 4.22.